The van der Waals surface area contributed by atoms with Crippen LogP contribution in [-0.2, 0) is 9.53 Å². The van der Waals surface area contributed by atoms with Crippen molar-refractivity contribution in [2.45, 2.75) is 38.4 Å². The molecule has 0 aromatic heterocycles. The zero-order valence-electron chi connectivity index (χ0n) is 10.0. The van der Waals surface area contributed by atoms with Crippen molar-refractivity contribution < 1.29 is 14.6 Å². The third-order valence-corrected chi connectivity index (χ3v) is 3.42. The molecule has 1 aliphatic rings. The summed E-state index contributed by atoms with van der Waals surface area (Å²) in [5, 5.41) is 9.25. The fraction of sp³-hybridized carbons (Fsp3) is 0.500. The molecule has 0 aliphatic heterocycles. The molecule has 0 heterocycles. The number of hydrogen-bond acceptors (Lipinski definition) is 2. The van der Waals surface area contributed by atoms with Crippen molar-refractivity contribution in [3.8, 4) is 0 Å². The summed E-state index contributed by atoms with van der Waals surface area (Å²) >= 11 is 0. The van der Waals surface area contributed by atoms with Gasteiger partial charge in [0.2, 0.25) is 0 Å². The van der Waals surface area contributed by atoms with Crippen molar-refractivity contribution in [2.24, 2.45) is 5.92 Å². The second-order valence-electron chi connectivity index (χ2n) is 4.71. The van der Waals surface area contributed by atoms with Crippen LogP contribution in [-0.4, -0.2) is 17.2 Å². The summed E-state index contributed by atoms with van der Waals surface area (Å²) in [6.07, 6.45) is 2.48. The van der Waals surface area contributed by atoms with Crippen molar-refractivity contribution in [1.82, 2.24) is 0 Å². The number of carboxylic acid groups (broad SMARTS) is 1. The number of hydrogen-bond donors (Lipinski definition) is 1. The van der Waals surface area contributed by atoms with Crippen LogP contribution in [0.15, 0.2) is 30.3 Å². The Morgan fingerprint density at radius 2 is 2.06 bits per heavy atom. The Morgan fingerprint density at radius 3 is 2.59 bits per heavy atom. The van der Waals surface area contributed by atoms with Gasteiger partial charge in [0, 0.05) is 0 Å². The number of benzene rings is 1. The fourth-order valence-electron chi connectivity index (χ4n) is 2.40. The number of rotatable bonds is 4. The Hall–Kier alpha value is -1.35. The predicted molar refractivity (Wildman–Crippen MR) is 64.7 cm³/mol. The van der Waals surface area contributed by atoms with E-state index in [9.17, 15) is 9.90 Å². The molecule has 3 atom stereocenters. The van der Waals surface area contributed by atoms with Crippen LogP contribution in [0.25, 0.3) is 0 Å². The minimum Gasteiger partial charge on any atom is -0.479 e. The van der Waals surface area contributed by atoms with E-state index in [-0.39, 0.29) is 6.10 Å². The molecule has 17 heavy (non-hydrogen) atoms. The van der Waals surface area contributed by atoms with Gasteiger partial charge in [0.15, 0.2) is 6.10 Å². The molecule has 0 spiro atoms. The van der Waals surface area contributed by atoms with Gasteiger partial charge in [-0.05, 0) is 24.3 Å². The largest absolute Gasteiger partial charge is 0.479 e. The molecule has 1 aromatic carbocycles. The maximum atomic E-state index is 11.3. The number of carbonyl (C=O) groups is 1. The van der Waals surface area contributed by atoms with E-state index in [2.05, 4.69) is 6.92 Å². The summed E-state index contributed by atoms with van der Waals surface area (Å²) in [7, 11) is 0. The van der Waals surface area contributed by atoms with Crippen LogP contribution >= 0.6 is 0 Å². The van der Waals surface area contributed by atoms with Crippen LogP contribution in [0.2, 0.25) is 0 Å². The molecule has 1 fully saturated rings. The fourth-order valence-corrected chi connectivity index (χ4v) is 2.40. The lowest BCUT2D eigenvalue weighted by atomic mass is 10.1. The summed E-state index contributed by atoms with van der Waals surface area (Å²) in [5.74, 6) is -0.448. The van der Waals surface area contributed by atoms with Gasteiger partial charge in [-0.25, -0.2) is 4.79 Å². The van der Waals surface area contributed by atoms with E-state index in [4.69, 9.17) is 4.74 Å². The SMILES string of the molecule is CC1CCCC1OC(C(=O)O)c1ccccc1. The third kappa shape index (κ3) is 2.86. The molecule has 0 radical (unpaired) electrons. The van der Waals surface area contributed by atoms with Gasteiger partial charge in [-0.3, -0.25) is 0 Å². The minimum absolute atomic E-state index is 0.0799. The van der Waals surface area contributed by atoms with E-state index < -0.39 is 12.1 Å². The van der Waals surface area contributed by atoms with Gasteiger partial charge in [0.1, 0.15) is 0 Å². The van der Waals surface area contributed by atoms with E-state index in [1.165, 1.54) is 0 Å². The lowest BCUT2D eigenvalue weighted by molar-refractivity contribution is -0.156. The number of aliphatic carboxylic acids is 1. The lowest BCUT2D eigenvalue weighted by Gasteiger charge is -2.22. The highest BCUT2D eigenvalue weighted by Crippen LogP contribution is 2.32. The molecular weight excluding hydrogens is 216 g/mol. The number of carboxylic acids is 1. The van der Waals surface area contributed by atoms with Crippen molar-refractivity contribution in [1.29, 1.82) is 0 Å². The normalized spacial score (nSPS) is 25.7. The van der Waals surface area contributed by atoms with E-state index >= 15 is 0 Å². The van der Waals surface area contributed by atoms with Gasteiger partial charge in [0.05, 0.1) is 6.10 Å². The quantitative estimate of drug-likeness (QED) is 0.871. The molecule has 3 unspecified atom stereocenters. The van der Waals surface area contributed by atoms with E-state index in [0.717, 1.165) is 24.8 Å². The first-order valence-corrected chi connectivity index (χ1v) is 6.11. The smallest absolute Gasteiger partial charge is 0.337 e. The summed E-state index contributed by atoms with van der Waals surface area (Å²) in [4.78, 5) is 11.3. The van der Waals surface area contributed by atoms with Crippen molar-refractivity contribution >= 4 is 5.97 Å². The molecule has 1 saturated carbocycles. The standard InChI is InChI=1S/C14H18O3/c1-10-6-5-9-12(10)17-13(14(15)16)11-7-3-2-4-8-11/h2-4,7-8,10,12-13H,5-6,9H2,1H3,(H,15,16). The van der Waals surface area contributed by atoms with E-state index in [1.54, 1.807) is 12.1 Å². The first kappa shape index (κ1) is 12.1. The van der Waals surface area contributed by atoms with Crippen LogP contribution in [0.4, 0.5) is 0 Å². The molecular formula is C14H18O3. The molecule has 0 amide bonds. The Kier molecular flexibility index (Phi) is 3.79. The van der Waals surface area contributed by atoms with Crippen molar-refractivity contribution in [2.75, 3.05) is 0 Å². The molecule has 2 rings (SSSR count). The Bertz CT molecular complexity index is 374. The molecule has 1 N–H and O–H groups in total. The first-order chi connectivity index (χ1) is 8.18. The minimum atomic E-state index is -0.907. The van der Waals surface area contributed by atoms with Gasteiger partial charge in [-0.2, -0.15) is 0 Å². The number of ether oxygens (including phenoxy) is 1. The summed E-state index contributed by atoms with van der Waals surface area (Å²) in [6.45, 7) is 2.13. The van der Waals surface area contributed by atoms with E-state index in [1.807, 2.05) is 18.2 Å². The van der Waals surface area contributed by atoms with Crippen LogP contribution in [0.5, 0.6) is 0 Å². The van der Waals surface area contributed by atoms with Crippen molar-refractivity contribution in [3.63, 3.8) is 0 Å². The van der Waals surface area contributed by atoms with Gasteiger partial charge in [-0.1, -0.05) is 43.7 Å². The van der Waals surface area contributed by atoms with Crippen LogP contribution in [0.3, 0.4) is 0 Å². The first-order valence-electron chi connectivity index (χ1n) is 6.11. The molecule has 0 saturated heterocycles. The maximum Gasteiger partial charge on any atom is 0.337 e. The molecule has 1 aliphatic carbocycles. The zero-order valence-corrected chi connectivity index (χ0v) is 10.0. The average molecular weight is 234 g/mol. The average Bonchev–Trinajstić information content (AvgIpc) is 2.72. The zero-order chi connectivity index (χ0) is 12.3. The topological polar surface area (TPSA) is 46.5 Å². The highest BCUT2D eigenvalue weighted by atomic mass is 16.5. The second-order valence-corrected chi connectivity index (χ2v) is 4.71. The van der Waals surface area contributed by atoms with Gasteiger partial charge >= 0.3 is 5.97 Å². The second kappa shape index (κ2) is 5.32. The molecule has 0 bridgehead atoms. The molecule has 92 valence electrons. The van der Waals surface area contributed by atoms with Crippen LogP contribution < -0.4 is 0 Å². The maximum absolute atomic E-state index is 11.3. The van der Waals surface area contributed by atoms with E-state index in [0.29, 0.717) is 5.92 Å². The highest BCUT2D eigenvalue weighted by molar-refractivity contribution is 5.74. The van der Waals surface area contributed by atoms with Crippen LogP contribution in [0, 0.1) is 5.92 Å². The monoisotopic (exact) mass is 234 g/mol. The molecule has 3 nitrogen and oxygen atoms in total. The summed E-state index contributed by atoms with van der Waals surface area (Å²) in [5.41, 5.74) is 0.721. The summed E-state index contributed by atoms with van der Waals surface area (Å²) < 4.78 is 5.77. The van der Waals surface area contributed by atoms with Gasteiger partial charge in [0.25, 0.3) is 0 Å². The lowest BCUT2D eigenvalue weighted by Crippen LogP contribution is -2.24. The van der Waals surface area contributed by atoms with Gasteiger partial charge < -0.3 is 9.84 Å². The highest BCUT2D eigenvalue weighted by Gasteiger charge is 2.30. The van der Waals surface area contributed by atoms with Crippen molar-refractivity contribution in [3.05, 3.63) is 35.9 Å². The predicted octanol–water partition coefficient (Wildman–Crippen LogP) is 3.02. The summed E-state index contributed by atoms with van der Waals surface area (Å²) in [6, 6.07) is 9.16. The Labute approximate surface area is 101 Å². The molecule has 3 heteroatoms. The third-order valence-electron chi connectivity index (χ3n) is 3.42. The Balaban J connectivity index is 2.11. The van der Waals surface area contributed by atoms with Crippen LogP contribution in [0.1, 0.15) is 37.9 Å². The van der Waals surface area contributed by atoms with Gasteiger partial charge in [-0.15, -0.1) is 0 Å². The molecule has 1 aromatic rings. The Morgan fingerprint density at radius 1 is 1.35 bits per heavy atom.